The Morgan fingerprint density at radius 3 is 2.50 bits per heavy atom. The Labute approximate surface area is 119 Å². The van der Waals surface area contributed by atoms with Gasteiger partial charge in [-0.2, -0.15) is 0 Å². The highest BCUT2D eigenvalue weighted by Gasteiger charge is 2.23. The molecule has 1 aliphatic carbocycles. The maximum atomic E-state index is 11.6. The van der Waals surface area contributed by atoms with E-state index < -0.39 is 0 Å². The smallest absolute Gasteiger partial charge is 0.319 e. The van der Waals surface area contributed by atoms with Gasteiger partial charge in [-0.05, 0) is 37.8 Å². The van der Waals surface area contributed by atoms with Gasteiger partial charge in [-0.1, -0.05) is 12.8 Å². The molecule has 1 aromatic rings. The lowest BCUT2D eigenvalue weighted by atomic mass is 10.2. The van der Waals surface area contributed by atoms with E-state index in [-0.39, 0.29) is 6.03 Å². The minimum Gasteiger partial charge on any atom is -0.357 e. The predicted octanol–water partition coefficient (Wildman–Crippen LogP) is 2.75. The first kappa shape index (κ1) is 13.2. The quantitative estimate of drug-likeness (QED) is 0.891. The number of pyridine rings is 1. The third-order valence-corrected chi connectivity index (χ3v) is 3.85. The van der Waals surface area contributed by atoms with Gasteiger partial charge >= 0.3 is 6.03 Å². The van der Waals surface area contributed by atoms with Crippen LogP contribution >= 0.6 is 0 Å². The molecule has 2 fully saturated rings. The fraction of sp³-hybridized carbons (Fsp3) is 0.600. The van der Waals surface area contributed by atoms with Crippen LogP contribution in [0.4, 0.5) is 16.3 Å². The summed E-state index contributed by atoms with van der Waals surface area (Å²) in [6.45, 7) is 2.17. The highest BCUT2D eigenvalue weighted by Crippen LogP contribution is 2.20. The van der Waals surface area contributed by atoms with Crippen LogP contribution in [0.25, 0.3) is 0 Å². The van der Waals surface area contributed by atoms with Gasteiger partial charge in [-0.15, -0.1) is 0 Å². The summed E-state index contributed by atoms with van der Waals surface area (Å²) in [6.07, 6.45) is 9.05. The Morgan fingerprint density at radius 1 is 1.15 bits per heavy atom. The molecule has 20 heavy (non-hydrogen) atoms. The van der Waals surface area contributed by atoms with Crippen LogP contribution in [0.2, 0.25) is 0 Å². The molecule has 0 atom stereocenters. The molecule has 1 saturated carbocycles. The van der Waals surface area contributed by atoms with E-state index in [0.29, 0.717) is 6.04 Å². The van der Waals surface area contributed by atoms with Gasteiger partial charge in [0.25, 0.3) is 0 Å². The number of amides is 2. The molecule has 2 aliphatic rings. The Balaban J connectivity index is 1.56. The number of carbonyl (C=O) groups excluding carboxylic acids is 1. The second-order valence-electron chi connectivity index (χ2n) is 5.68. The lowest BCUT2D eigenvalue weighted by Crippen LogP contribution is -2.30. The Bertz CT molecular complexity index is 447. The molecule has 1 aromatic heterocycles. The lowest BCUT2D eigenvalue weighted by Gasteiger charge is -2.21. The van der Waals surface area contributed by atoms with E-state index in [1.54, 1.807) is 6.20 Å². The average Bonchev–Trinajstić information content (AvgIpc) is 3.26. The first-order valence-electron chi connectivity index (χ1n) is 7.60. The SMILES string of the molecule is O=C(Nc1ccc(N2CCCCCC2)nc1)NC1CC1. The van der Waals surface area contributed by atoms with Crippen molar-refractivity contribution in [3.05, 3.63) is 18.3 Å². The van der Waals surface area contributed by atoms with Crippen LogP contribution in [0, 0.1) is 0 Å². The molecule has 108 valence electrons. The second kappa shape index (κ2) is 6.11. The maximum Gasteiger partial charge on any atom is 0.319 e. The van der Waals surface area contributed by atoms with Crippen LogP contribution < -0.4 is 15.5 Å². The van der Waals surface area contributed by atoms with Gasteiger partial charge < -0.3 is 15.5 Å². The van der Waals surface area contributed by atoms with Crippen LogP contribution in [0.3, 0.4) is 0 Å². The number of aromatic nitrogens is 1. The van der Waals surface area contributed by atoms with Crippen molar-refractivity contribution in [1.29, 1.82) is 0 Å². The lowest BCUT2D eigenvalue weighted by molar-refractivity contribution is 0.251. The summed E-state index contributed by atoms with van der Waals surface area (Å²) in [6, 6.07) is 4.17. The molecule has 0 spiro atoms. The van der Waals surface area contributed by atoms with E-state index in [0.717, 1.165) is 37.4 Å². The van der Waals surface area contributed by atoms with Crippen molar-refractivity contribution in [3.8, 4) is 0 Å². The van der Waals surface area contributed by atoms with Crippen LogP contribution in [0.15, 0.2) is 18.3 Å². The monoisotopic (exact) mass is 274 g/mol. The summed E-state index contributed by atoms with van der Waals surface area (Å²) in [5.74, 6) is 1.01. The average molecular weight is 274 g/mol. The largest absolute Gasteiger partial charge is 0.357 e. The van der Waals surface area contributed by atoms with Crippen molar-refractivity contribution in [2.45, 2.75) is 44.6 Å². The van der Waals surface area contributed by atoms with Gasteiger partial charge in [-0.25, -0.2) is 9.78 Å². The highest BCUT2D eigenvalue weighted by atomic mass is 16.2. The Kier molecular flexibility index (Phi) is 4.04. The molecular weight excluding hydrogens is 252 g/mol. The first-order valence-corrected chi connectivity index (χ1v) is 7.60. The standard InChI is InChI=1S/C15H22N4O/c20-15(17-12-5-6-12)18-13-7-8-14(16-11-13)19-9-3-1-2-4-10-19/h7-8,11-12H,1-6,9-10H2,(H2,17,18,20). The third-order valence-electron chi connectivity index (χ3n) is 3.85. The number of hydrogen-bond acceptors (Lipinski definition) is 3. The van der Waals surface area contributed by atoms with Gasteiger partial charge in [0.2, 0.25) is 0 Å². The predicted molar refractivity (Wildman–Crippen MR) is 80.1 cm³/mol. The summed E-state index contributed by atoms with van der Waals surface area (Å²) in [7, 11) is 0. The van der Waals surface area contributed by atoms with E-state index in [2.05, 4.69) is 20.5 Å². The minimum atomic E-state index is -0.128. The fourth-order valence-corrected chi connectivity index (χ4v) is 2.53. The van der Waals surface area contributed by atoms with E-state index in [1.165, 1.54) is 25.7 Å². The van der Waals surface area contributed by atoms with Crippen molar-refractivity contribution >= 4 is 17.5 Å². The van der Waals surface area contributed by atoms with Crippen LogP contribution in [-0.4, -0.2) is 30.1 Å². The Morgan fingerprint density at radius 2 is 1.90 bits per heavy atom. The summed E-state index contributed by atoms with van der Waals surface area (Å²) in [5, 5.41) is 5.73. The van der Waals surface area contributed by atoms with Crippen molar-refractivity contribution in [3.63, 3.8) is 0 Å². The van der Waals surface area contributed by atoms with Gasteiger partial charge in [0, 0.05) is 19.1 Å². The van der Waals surface area contributed by atoms with Crippen molar-refractivity contribution in [2.24, 2.45) is 0 Å². The topological polar surface area (TPSA) is 57.3 Å². The van der Waals surface area contributed by atoms with Crippen LogP contribution in [0.1, 0.15) is 38.5 Å². The molecule has 3 rings (SSSR count). The number of nitrogens with zero attached hydrogens (tertiary/aromatic N) is 2. The molecule has 5 nitrogen and oxygen atoms in total. The molecule has 2 heterocycles. The van der Waals surface area contributed by atoms with Crippen molar-refractivity contribution in [1.82, 2.24) is 10.3 Å². The fourth-order valence-electron chi connectivity index (χ4n) is 2.53. The number of hydrogen-bond donors (Lipinski definition) is 2. The summed E-state index contributed by atoms with van der Waals surface area (Å²) in [5.41, 5.74) is 0.752. The summed E-state index contributed by atoms with van der Waals surface area (Å²) in [4.78, 5) is 18.4. The van der Waals surface area contributed by atoms with E-state index >= 15 is 0 Å². The molecule has 0 radical (unpaired) electrons. The number of urea groups is 1. The molecule has 0 bridgehead atoms. The van der Waals surface area contributed by atoms with Gasteiger partial charge in [0.15, 0.2) is 0 Å². The summed E-state index contributed by atoms with van der Waals surface area (Å²) < 4.78 is 0. The zero-order valence-corrected chi connectivity index (χ0v) is 11.8. The molecule has 0 aromatic carbocycles. The van der Waals surface area contributed by atoms with Gasteiger partial charge in [0.05, 0.1) is 11.9 Å². The number of carbonyl (C=O) groups is 1. The first-order chi connectivity index (χ1) is 9.81. The van der Waals surface area contributed by atoms with Gasteiger partial charge in [-0.3, -0.25) is 0 Å². The highest BCUT2D eigenvalue weighted by molar-refractivity contribution is 5.89. The molecule has 1 aliphatic heterocycles. The molecule has 1 saturated heterocycles. The number of rotatable bonds is 3. The van der Waals surface area contributed by atoms with E-state index in [1.807, 2.05) is 12.1 Å². The van der Waals surface area contributed by atoms with Crippen molar-refractivity contribution in [2.75, 3.05) is 23.3 Å². The van der Waals surface area contributed by atoms with E-state index in [9.17, 15) is 4.79 Å². The van der Waals surface area contributed by atoms with Gasteiger partial charge in [0.1, 0.15) is 5.82 Å². The minimum absolute atomic E-state index is 0.128. The molecule has 2 N–H and O–H groups in total. The van der Waals surface area contributed by atoms with Crippen LogP contribution in [-0.2, 0) is 0 Å². The molecule has 2 amide bonds. The van der Waals surface area contributed by atoms with E-state index in [4.69, 9.17) is 0 Å². The third kappa shape index (κ3) is 3.62. The number of anilines is 2. The van der Waals surface area contributed by atoms with Crippen LogP contribution in [0.5, 0.6) is 0 Å². The maximum absolute atomic E-state index is 11.6. The normalized spacial score (nSPS) is 19.3. The molecule has 0 unspecified atom stereocenters. The summed E-state index contributed by atoms with van der Waals surface area (Å²) >= 11 is 0. The molecule has 5 heteroatoms. The number of nitrogens with one attached hydrogen (secondary N) is 2. The zero-order valence-electron chi connectivity index (χ0n) is 11.8. The van der Waals surface area contributed by atoms with Crippen molar-refractivity contribution < 1.29 is 4.79 Å². The zero-order chi connectivity index (χ0) is 13.8. The molecular formula is C15H22N4O. The second-order valence-corrected chi connectivity index (χ2v) is 5.68. The Hall–Kier alpha value is -1.78.